The van der Waals surface area contributed by atoms with Crippen LogP contribution in [0.15, 0.2) is 18.2 Å². The lowest BCUT2D eigenvalue weighted by molar-refractivity contribution is 0.0491. The van der Waals surface area contributed by atoms with E-state index in [9.17, 15) is 5.11 Å². The van der Waals surface area contributed by atoms with Gasteiger partial charge in [-0.05, 0) is 44.2 Å². The summed E-state index contributed by atoms with van der Waals surface area (Å²) in [6.45, 7) is 6.20. The SMILES string of the molecule is Cc1ccc([C@H](C)O)c(OCC2CCOCC2)c1. The molecular formula is C15H22O3. The van der Waals surface area contributed by atoms with Gasteiger partial charge in [-0.1, -0.05) is 12.1 Å². The van der Waals surface area contributed by atoms with Crippen LogP contribution in [0.4, 0.5) is 0 Å². The number of aliphatic hydroxyl groups excluding tert-OH is 1. The zero-order chi connectivity index (χ0) is 13.0. The number of rotatable bonds is 4. The van der Waals surface area contributed by atoms with Crippen molar-refractivity contribution in [1.29, 1.82) is 0 Å². The zero-order valence-electron chi connectivity index (χ0n) is 11.2. The Morgan fingerprint density at radius 2 is 2.11 bits per heavy atom. The van der Waals surface area contributed by atoms with Gasteiger partial charge in [0.2, 0.25) is 0 Å². The van der Waals surface area contributed by atoms with E-state index in [1.165, 1.54) is 0 Å². The second kappa shape index (κ2) is 6.21. The van der Waals surface area contributed by atoms with Gasteiger partial charge in [-0.25, -0.2) is 0 Å². The number of hydrogen-bond acceptors (Lipinski definition) is 3. The van der Waals surface area contributed by atoms with Crippen LogP contribution >= 0.6 is 0 Å². The molecule has 0 bridgehead atoms. The van der Waals surface area contributed by atoms with Crippen LogP contribution in [0.3, 0.4) is 0 Å². The summed E-state index contributed by atoms with van der Waals surface area (Å²) in [6.07, 6.45) is 1.64. The molecule has 0 radical (unpaired) electrons. The zero-order valence-corrected chi connectivity index (χ0v) is 11.2. The van der Waals surface area contributed by atoms with Gasteiger partial charge in [0.15, 0.2) is 0 Å². The van der Waals surface area contributed by atoms with E-state index in [0.29, 0.717) is 12.5 Å². The van der Waals surface area contributed by atoms with Crippen LogP contribution in [0.1, 0.15) is 37.0 Å². The molecule has 1 heterocycles. The van der Waals surface area contributed by atoms with E-state index < -0.39 is 6.10 Å². The second-order valence-corrected chi connectivity index (χ2v) is 5.08. The van der Waals surface area contributed by atoms with Crippen molar-refractivity contribution in [2.24, 2.45) is 5.92 Å². The van der Waals surface area contributed by atoms with Crippen LogP contribution in [0, 0.1) is 12.8 Å². The maximum Gasteiger partial charge on any atom is 0.125 e. The minimum atomic E-state index is -0.490. The smallest absolute Gasteiger partial charge is 0.125 e. The predicted octanol–water partition coefficient (Wildman–Crippen LogP) is 2.85. The first-order valence-electron chi connectivity index (χ1n) is 6.66. The van der Waals surface area contributed by atoms with Crippen molar-refractivity contribution < 1.29 is 14.6 Å². The first kappa shape index (κ1) is 13.4. The van der Waals surface area contributed by atoms with E-state index in [2.05, 4.69) is 0 Å². The molecule has 2 rings (SSSR count). The third-order valence-corrected chi connectivity index (χ3v) is 3.43. The molecule has 3 heteroatoms. The highest BCUT2D eigenvalue weighted by Gasteiger charge is 2.16. The number of hydrogen-bond donors (Lipinski definition) is 1. The summed E-state index contributed by atoms with van der Waals surface area (Å²) in [7, 11) is 0. The summed E-state index contributed by atoms with van der Waals surface area (Å²) in [5.41, 5.74) is 2.02. The fourth-order valence-electron chi connectivity index (χ4n) is 2.23. The average Bonchev–Trinajstić information content (AvgIpc) is 2.37. The van der Waals surface area contributed by atoms with E-state index >= 15 is 0 Å². The van der Waals surface area contributed by atoms with Crippen molar-refractivity contribution in [3.8, 4) is 5.75 Å². The average molecular weight is 250 g/mol. The molecule has 18 heavy (non-hydrogen) atoms. The molecule has 1 atom stereocenters. The highest BCUT2D eigenvalue weighted by atomic mass is 16.5. The largest absolute Gasteiger partial charge is 0.493 e. The number of aliphatic hydroxyl groups is 1. The standard InChI is InChI=1S/C15H22O3/c1-11-3-4-14(12(2)16)15(9-11)18-10-13-5-7-17-8-6-13/h3-4,9,12-13,16H,5-8,10H2,1-2H3/t12-/m0/s1. The number of aryl methyl sites for hydroxylation is 1. The van der Waals surface area contributed by atoms with Crippen molar-refractivity contribution in [3.63, 3.8) is 0 Å². The molecule has 1 aromatic carbocycles. The summed E-state index contributed by atoms with van der Waals surface area (Å²) in [4.78, 5) is 0. The Kier molecular flexibility index (Phi) is 4.61. The van der Waals surface area contributed by atoms with Crippen molar-refractivity contribution in [2.75, 3.05) is 19.8 Å². The van der Waals surface area contributed by atoms with Crippen LogP contribution in [0.25, 0.3) is 0 Å². The molecule has 1 aliphatic rings. The summed E-state index contributed by atoms with van der Waals surface area (Å²) in [5.74, 6) is 1.39. The van der Waals surface area contributed by atoms with E-state index in [1.54, 1.807) is 6.92 Å². The first-order valence-corrected chi connectivity index (χ1v) is 6.66. The lowest BCUT2D eigenvalue weighted by atomic mass is 10.0. The third kappa shape index (κ3) is 3.47. The molecule has 1 aliphatic heterocycles. The molecule has 1 fully saturated rings. The lowest BCUT2D eigenvalue weighted by Crippen LogP contribution is -2.21. The Morgan fingerprint density at radius 3 is 2.78 bits per heavy atom. The molecule has 1 saturated heterocycles. The fourth-order valence-corrected chi connectivity index (χ4v) is 2.23. The maximum atomic E-state index is 9.73. The van der Waals surface area contributed by atoms with E-state index in [4.69, 9.17) is 9.47 Å². The monoisotopic (exact) mass is 250 g/mol. The topological polar surface area (TPSA) is 38.7 Å². The fraction of sp³-hybridized carbons (Fsp3) is 0.600. The predicted molar refractivity (Wildman–Crippen MR) is 70.9 cm³/mol. The molecule has 1 aromatic rings. The van der Waals surface area contributed by atoms with E-state index in [0.717, 1.165) is 42.9 Å². The van der Waals surface area contributed by atoms with Crippen molar-refractivity contribution in [2.45, 2.75) is 32.8 Å². The molecule has 0 aliphatic carbocycles. The Labute approximate surface area is 109 Å². The normalized spacial score (nSPS) is 18.6. The molecule has 0 amide bonds. The van der Waals surface area contributed by atoms with Gasteiger partial charge in [0, 0.05) is 18.8 Å². The summed E-state index contributed by atoms with van der Waals surface area (Å²) >= 11 is 0. The van der Waals surface area contributed by atoms with Gasteiger partial charge < -0.3 is 14.6 Å². The molecule has 0 saturated carbocycles. The Balaban J connectivity index is 2.00. The second-order valence-electron chi connectivity index (χ2n) is 5.08. The summed E-state index contributed by atoms with van der Waals surface area (Å²) in [5, 5.41) is 9.73. The summed E-state index contributed by atoms with van der Waals surface area (Å²) in [6, 6.07) is 5.95. The Bertz CT molecular complexity index is 381. The van der Waals surface area contributed by atoms with E-state index in [1.807, 2.05) is 25.1 Å². The van der Waals surface area contributed by atoms with Crippen LogP contribution in [-0.4, -0.2) is 24.9 Å². The van der Waals surface area contributed by atoms with Crippen LogP contribution in [-0.2, 0) is 4.74 Å². The molecule has 3 nitrogen and oxygen atoms in total. The van der Waals surface area contributed by atoms with Gasteiger partial charge in [0.05, 0.1) is 12.7 Å². The minimum Gasteiger partial charge on any atom is -0.493 e. The van der Waals surface area contributed by atoms with Crippen molar-refractivity contribution in [3.05, 3.63) is 29.3 Å². The Morgan fingerprint density at radius 1 is 1.39 bits per heavy atom. The van der Waals surface area contributed by atoms with Crippen molar-refractivity contribution >= 4 is 0 Å². The Hall–Kier alpha value is -1.06. The lowest BCUT2D eigenvalue weighted by Gasteiger charge is -2.23. The van der Waals surface area contributed by atoms with Crippen LogP contribution in [0.5, 0.6) is 5.75 Å². The number of ether oxygens (including phenoxy) is 2. The van der Waals surface area contributed by atoms with Gasteiger partial charge in [-0.15, -0.1) is 0 Å². The molecule has 0 spiro atoms. The highest BCUT2D eigenvalue weighted by molar-refractivity contribution is 5.38. The van der Waals surface area contributed by atoms with E-state index in [-0.39, 0.29) is 0 Å². The van der Waals surface area contributed by atoms with Gasteiger partial charge in [0.1, 0.15) is 5.75 Å². The molecule has 0 aromatic heterocycles. The van der Waals surface area contributed by atoms with Gasteiger partial charge in [0.25, 0.3) is 0 Å². The molecule has 0 unspecified atom stereocenters. The van der Waals surface area contributed by atoms with Gasteiger partial charge in [-0.3, -0.25) is 0 Å². The maximum absolute atomic E-state index is 9.73. The first-order chi connectivity index (χ1) is 8.66. The van der Waals surface area contributed by atoms with Gasteiger partial charge in [-0.2, -0.15) is 0 Å². The minimum absolute atomic E-state index is 0.490. The van der Waals surface area contributed by atoms with Crippen molar-refractivity contribution in [1.82, 2.24) is 0 Å². The third-order valence-electron chi connectivity index (χ3n) is 3.43. The molecular weight excluding hydrogens is 228 g/mol. The quantitative estimate of drug-likeness (QED) is 0.893. The van der Waals surface area contributed by atoms with Gasteiger partial charge >= 0.3 is 0 Å². The number of benzene rings is 1. The van der Waals surface area contributed by atoms with Crippen LogP contribution < -0.4 is 4.74 Å². The molecule has 100 valence electrons. The summed E-state index contributed by atoms with van der Waals surface area (Å²) < 4.78 is 11.2. The molecule has 1 N–H and O–H groups in total. The highest BCUT2D eigenvalue weighted by Crippen LogP contribution is 2.27. The van der Waals surface area contributed by atoms with Crippen LogP contribution in [0.2, 0.25) is 0 Å².